The Balaban J connectivity index is 1.47. The molecule has 2 saturated heterocycles. The molecule has 0 aliphatic carbocycles. The van der Waals surface area contributed by atoms with E-state index < -0.39 is 0 Å². The summed E-state index contributed by atoms with van der Waals surface area (Å²) in [5.74, 6) is 0. The Labute approximate surface area is 137 Å². The average Bonchev–Trinajstić information content (AvgIpc) is 2.60. The first kappa shape index (κ1) is 15.1. The molecule has 23 heavy (non-hydrogen) atoms. The summed E-state index contributed by atoms with van der Waals surface area (Å²) in [6.45, 7) is 3.66. The summed E-state index contributed by atoms with van der Waals surface area (Å²) in [6, 6.07) is 10.5. The van der Waals surface area contributed by atoms with Crippen LogP contribution in [0, 0.1) is 0 Å². The van der Waals surface area contributed by atoms with E-state index >= 15 is 0 Å². The molecular weight excluding hydrogens is 288 g/mol. The van der Waals surface area contributed by atoms with Crippen LogP contribution in [0.5, 0.6) is 0 Å². The predicted octanol–water partition coefficient (Wildman–Crippen LogP) is 2.74. The van der Waals surface area contributed by atoms with Gasteiger partial charge in [-0.3, -0.25) is 9.88 Å². The number of hydrogen-bond donors (Lipinski definition) is 1. The van der Waals surface area contributed by atoms with Crippen LogP contribution in [0.25, 0.3) is 10.9 Å². The Hall–Kier alpha value is -1.49. The summed E-state index contributed by atoms with van der Waals surface area (Å²) in [7, 11) is 0. The fourth-order valence-corrected chi connectivity index (χ4v) is 4.01. The number of benzene rings is 1. The normalized spacial score (nSPS) is 25.0. The van der Waals surface area contributed by atoms with Crippen molar-refractivity contribution < 1.29 is 9.84 Å². The van der Waals surface area contributed by atoms with Gasteiger partial charge in [0.15, 0.2) is 0 Å². The lowest BCUT2D eigenvalue weighted by atomic mass is 9.82. The average molecular weight is 312 g/mol. The monoisotopic (exact) mass is 312 g/mol. The van der Waals surface area contributed by atoms with E-state index in [4.69, 9.17) is 4.74 Å². The Morgan fingerprint density at radius 1 is 1.22 bits per heavy atom. The van der Waals surface area contributed by atoms with Gasteiger partial charge < -0.3 is 9.84 Å². The number of fused-ring (bicyclic) bond motifs is 1. The van der Waals surface area contributed by atoms with E-state index in [0.717, 1.165) is 57.4 Å². The first-order valence-corrected chi connectivity index (χ1v) is 8.64. The molecule has 1 atom stereocenters. The zero-order chi connectivity index (χ0) is 15.7. The molecule has 0 amide bonds. The Kier molecular flexibility index (Phi) is 4.05. The van der Waals surface area contributed by atoms with Gasteiger partial charge in [-0.15, -0.1) is 0 Å². The molecule has 4 rings (SSSR count). The second-order valence-electron chi connectivity index (χ2n) is 6.84. The minimum atomic E-state index is -0.294. The first-order valence-electron chi connectivity index (χ1n) is 8.64. The lowest BCUT2D eigenvalue weighted by molar-refractivity contribution is -0.177. The fourth-order valence-electron chi connectivity index (χ4n) is 4.01. The second kappa shape index (κ2) is 6.19. The van der Waals surface area contributed by atoms with Crippen LogP contribution in [0.4, 0.5) is 0 Å². The topological polar surface area (TPSA) is 45.6 Å². The number of rotatable bonds is 2. The zero-order valence-corrected chi connectivity index (χ0v) is 13.4. The molecule has 0 radical (unpaired) electrons. The summed E-state index contributed by atoms with van der Waals surface area (Å²) in [5, 5.41) is 11.5. The third-order valence-electron chi connectivity index (χ3n) is 5.43. The highest BCUT2D eigenvalue weighted by Crippen LogP contribution is 2.35. The standard InChI is InChI=1S/C19H24N2O2/c22-17-7-3-13-23-19(17)8-11-21(12-9-19)14-16-5-1-4-15-6-2-10-20-18(15)16/h1-2,4-6,10,17,22H,3,7-9,11-14H2. The number of pyridine rings is 1. The zero-order valence-electron chi connectivity index (χ0n) is 13.4. The lowest BCUT2D eigenvalue weighted by Gasteiger charge is -2.46. The fraction of sp³-hybridized carbons (Fsp3) is 0.526. The summed E-state index contributed by atoms with van der Waals surface area (Å²) >= 11 is 0. The highest BCUT2D eigenvalue weighted by atomic mass is 16.5. The maximum atomic E-state index is 10.3. The number of likely N-dealkylation sites (tertiary alicyclic amines) is 1. The lowest BCUT2D eigenvalue weighted by Crippen LogP contribution is -2.55. The van der Waals surface area contributed by atoms with Crippen molar-refractivity contribution in [2.45, 2.75) is 43.9 Å². The summed E-state index contributed by atoms with van der Waals surface area (Å²) in [5.41, 5.74) is 2.10. The predicted molar refractivity (Wildman–Crippen MR) is 90.2 cm³/mol. The van der Waals surface area contributed by atoms with E-state index in [0.29, 0.717) is 0 Å². The van der Waals surface area contributed by atoms with Crippen molar-refractivity contribution in [2.75, 3.05) is 19.7 Å². The van der Waals surface area contributed by atoms with Crippen LogP contribution in [-0.2, 0) is 11.3 Å². The molecule has 3 heterocycles. The van der Waals surface area contributed by atoms with E-state index in [-0.39, 0.29) is 11.7 Å². The Morgan fingerprint density at radius 3 is 2.87 bits per heavy atom. The van der Waals surface area contributed by atoms with Gasteiger partial charge in [-0.25, -0.2) is 0 Å². The Morgan fingerprint density at radius 2 is 2.04 bits per heavy atom. The van der Waals surface area contributed by atoms with Crippen LogP contribution in [0.15, 0.2) is 36.5 Å². The highest BCUT2D eigenvalue weighted by molar-refractivity contribution is 5.81. The van der Waals surface area contributed by atoms with E-state index in [2.05, 4.69) is 34.1 Å². The number of hydrogen-bond acceptors (Lipinski definition) is 4. The third-order valence-corrected chi connectivity index (χ3v) is 5.43. The van der Waals surface area contributed by atoms with Gasteiger partial charge >= 0.3 is 0 Å². The largest absolute Gasteiger partial charge is 0.390 e. The number of para-hydroxylation sites is 1. The number of aromatic nitrogens is 1. The molecule has 122 valence electrons. The SMILES string of the molecule is OC1CCCOC12CCN(Cc1cccc3cccnc13)CC2. The number of piperidine rings is 1. The van der Waals surface area contributed by atoms with Gasteiger partial charge in [0.1, 0.15) is 0 Å². The summed E-state index contributed by atoms with van der Waals surface area (Å²) in [6.07, 6.45) is 5.28. The van der Waals surface area contributed by atoms with Crippen LogP contribution < -0.4 is 0 Å². The summed E-state index contributed by atoms with van der Waals surface area (Å²) < 4.78 is 6.00. The number of nitrogens with zero attached hydrogens (tertiary/aromatic N) is 2. The van der Waals surface area contributed by atoms with Crippen LogP contribution in [-0.4, -0.2) is 46.4 Å². The highest BCUT2D eigenvalue weighted by Gasteiger charge is 2.43. The molecule has 1 spiro atoms. The molecule has 4 nitrogen and oxygen atoms in total. The molecule has 4 heteroatoms. The first-order chi connectivity index (χ1) is 11.3. The number of aliphatic hydroxyl groups excluding tert-OH is 1. The van der Waals surface area contributed by atoms with Crippen molar-refractivity contribution in [2.24, 2.45) is 0 Å². The number of aliphatic hydroxyl groups is 1. The Bertz CT molecular complexity index is 675. The smallest absolute Gasteiger partial charge is 0.0964 e. The molecule has 1 unspecified atom stereocenters. The van der Waals surface area contributed by atoms with Gasteiger partial charge in [-0.1, -0.05) is 24.3 Å². The molecule has 1 aromatic heterocycles. The minimum Gasteiger partial charge on any atom is -0.390 e. The molecule has 0 bridgehead atoms. The van der Waals surface area contributed by atoms with Crippen LogP contribution in [0.3, 0.4) is 0 Å². The maximum absolute atomic E-state index is 10.3. The minimum absolute atomic E-state index is 0.286. The van der Waals surface area contributed by atoms with Crippen molar-refractivity contribution >= 4 is 10.9 Å². The summed E-state index contributed by atoms with van der Waals surface area (Å²) in [4.78, 5) is 7.01. The van der Waals surface area contributed by atoms with Crippen molar-refractivity contribution in [1.29, 1.82) is 0 Å². The molecule has 2 fully saturated rings. The van der Waals surface area contributed by atoms with E-state index in [1.54, 1.807) is 0 Å². The van der Waals surface area contributed by atoms with Crippen LogP contribution in [0.2, 0.25) is 0 Å². The van der Waals surface area contributed by atoms with E-state index in [1.807, 2.05) is 12.3 Å². The molecule has 2 aromatic rings. The van der Waals surface area contributed by atoms with Gasteiger partial charge in [0.25, 0.3) is 0 Å². The van der Waals surface area contributed by atoms with Gasteiger partial charge in [-0.2, -0.15) is 0 Å². The van der Waals surface area contributed by atoms with E-state index in [1.165, 1.54) is 10.9 Å². The van der Waals surface area contributed by atoms with Crippen LogP contribution >= 0.6 is 0 Å². The van der Waals surface area contributed by atoms with Gasteiger partial charge in [0, 0.05) is 37.8 Å². The van der Waals surface area contributed by atoms with Crippen molar-refractivity contribution in [3.8, 4) is 0 Å². The third kappa shape index (κ3) is 2.87. The second-order valence-corrected chi connectivity index (χ2v) is 6.84. The quantitative estimate of drug-likeness (QED) is 0.926. The van der Waals surface area contributed by atoms with E-state index in [9.17, 15) is 5.11 Å². The van der Waals surface area contributed by atoms with Gasteiger partial charge in [0.05, 0.1) is 17.2 Å². The molecule has 0 saturated carbocycles. The van der Waals surface area contributed by atoms with Crippen molar-refractivity contribution in [1.82, 2.24) is 9.88 Å². The molecule has 2 aliphatic heterocycles. The molecule has 1 aromatic carbocycles. The van der Waals surface area contributed by atoms with Crippen LogP contribution in [0.1, 0.15) is 31.2 Å². The van der Waals surface area contributed by atoms with Gasteiger partial charge in [-0.05, 0) is 37.3 Å². The molecular formula is C19H24N2O2. The molecule has 1 N–H and O–H groups in total. The maximum Gasteiger partial charge on any atom is 0.0964 e. The van der Waals surface area contributed by atoms with Crippen molar-refractivity contribution in [3.05, 3.63) is 42.1 Å². The van der Waals surface area contributed by atoms with Gasteiger partial charge in [0.2, 0.25) is 0 Å². The number of ether oxygens (including phenoxy) is 1. The molecule has 2 aliphatic rings. The van der Waals surface area contributed by atoms with Crippen molar-refractivity contribution in [3.63, 3.8) is 0 Å².